The predicted octanol–water partition coefficient (Wildman–Crippen LogP) is 21.7. The van der Waals surface area contributed by atoms with Gasteiger partial charge in [0.15, 0.2) is 0 Å². The molecule has 0 saturated carbocycles. The molecule has 0 radical (unpaired) electrons. The van der Waals surface area contributed by atoms with Gasteiger partial charge in [-0.25, -0.2) is 0 Å². The minimum atomic E-state index is 0.00303. The zero-order valence-corrected chi connectivity index (χ0v) is 45.0. The van der Waals surface area contributed by atoms with Crippen molar-refractivity contribution in [3.05, 3.63) is 120 Å². The highest BCUT2D eigenvalue weighted by molar-refractivity contribution is 7.19. The summed E-state index contributed by atoms with van der Waals surface area (Å²) < 4.78 is 12.3. The zero-order chi connectivity index (χ0) is 47.9. The Bertz CT molecular complexity index is 2200. The molecule has 4 aromatic carbocycles. The Hall–Kier alpha value is -4.12. The third-order valence-electron chi connectivity index (χ3n) is 14.9. The van der Waals surface area contributed by atoms with E-state index in [0.29, 0.717) is 0 Å². The standard InChI is InChI=1S/C65H86O2S2/c1-5-9-13-17-21-25-45-65(46-26-22-18-14-10-6-2)59-49-53(63-43-41-61(68-63)51-29-35-55(36-30-51)66-47-27-23-19-15-11-7-3)33-39-57(59)58-40-34-54(50-60(58)65)64-44-42-62(69-64)52-31-37-56(38-32-52)67-48-28-24-20-16-12-8-4/h29-44,49-50H,5-28,45-48H2,1-4H3. The summed E-state index contributed by atoms with van der Waals surface area (Å²) in [5.41, 5.74) is 11.3. The second-order valence-electron chi connectivity index (χ2n) is 20.2. The molecule has 0 bridgehead atoms. The fourth-order valence-corrected chi connectivity index (χ4v) is 12.8. The summed E-state index contributed by atoms with van der Waals surface area (Å²) in [4.78, 5) is 5.33. The zero-order valence-electron chi connectivity index (χ0n) is 43.3. The summed E-state index contributed by atoms with van der Waals surface area (Å²) >= 11 is 3.85. The van der Waals surface area contributed by atoms with E-state index in [1.165, 1.54) is 207 Å². The van der Waals surface area contributed by atoms with Crippen molar-refractivity contribution in [1.29, 1.82) is 0 Å². The fourth-order valence-electron chi connectivity index (χ4n) is 10.8. The SMILES string of the molecule is CCCCCCCCOc1ccc(-c2ccc(-c3ccc4c(c3)C(CCCCCCCC)(CCCCCCCC)c3cc(-c5ccc(-c6ccc(OCCCCCCCC)cc6)s5)ccc3-4)s2)cc1. The van der Waals surface area contributed by atoms with E-state index in [-0.39, 0.29) is 5.41 Å². The molecule has 69 heavy (non-hydrogen) atoms. The van der Waals surface area contributed by atoms with E-state index in [9.17, 15) is 0 Å². The molecule has 0 spiro atoms. The number of hydrogen-bond donors (Lipinski definition) is 0. The quantitative estimate of drug-likeness (QED) is 0.0375. The molecule has 2 heterocycles. The molecule has 0 saturated heterocycles. The molecule has 0 aliphatic heterocycles. The van der Waals surface area contributed by atoms with Crippen LogP contribution in [0.25, 0.3) is 52.9 Å². The number of rotatable bonds is 34. The minimum absolute atomic E-state index is 0.00303. The normalized spacial score (nSPS) is 12.6. The van der Waals surface area contributed by atoms with Gasteiger partial charge in [-0.05, 0) is 155 Å². The Kier molecular flexibility index (Phi) is 21.9. The first-order valence-corrected chi connectivity index (χ1v) is 29.7. The van der Waals surface area contributed by atoms with Gasteiger partial charge in [-0.2, -0.15) is 0 Å². The molecule has 7 rings (SSSR count). The van der Waals surface area contributed by atoms with Gasteiger partial charge >= 0.3 is 0 Å². The fraction of sp³-hybridized carbons (Fsp3) is 0.508. The average Bonchev–Trinajstić information content (AvgIpc) is 4.14. The molecule has 2 nitrogen and oxygen atoms in total. The Morgan fingerprint density at radius 2 is 0.623 bits per heavy atom. The van der Waals surface area contributed by atoms with Crippen LogP contribution in [0, 0.1) is 0 Å². The third-order valence-corrected chi connectivity index (χ3v) is 17.2. The van der Waals surface area contributed by atoms with Crippen LogP contribution < -0.4 is 9.47 Å². The first kappa shape index (κ1) is 52.7. The molecule has 0 N–H and O–H groups in total. The van der Waals surface area contributed by atoms with Gasteiger partial charge in [-0.15, -0.1) is 22.7 Å². The van der Waals surface area contributed by atoms with Crippen LogP contribution in [0.4, 0.5) is 0 Å². The molecule has 0 atom stereocenters. The number of fused-ring (bicyclic) bond motifs is 3. The number of unbranched alkanes of at least 4 members (excludes halogenated alkanes) is 20. The van der Waals surface area contributed by atoms with Gasteiger partial charge < -0.3 is 9.47 Å². The highest BCUT2D eigenvalue weighted by Gasteiger charge is 2.42. The Morgan fingerprint density at radius 3 is 0.986 bits per heavy atom. The van der Waals surface area contributed by atoms with E-state index < -0.39 is 0 Å². The van der Waals surface area contributed by atoms with E-state index in [0.717, 1.165) is 37.6 Å². The van der Waals surface area contributed by atoms with Crippen molar-refractivity contribution in [1.82, 2.24) is 0 Å². The van der Waals surface area contributed by atoms with Gasteiger partial charge in [0.1, 0.15) is 11.5 Å². The molecular weight excluding hydrogens is 877 g/mol. The van der Waals surface area contributed by atoms with Crippen LogP contribution in [0.15, 0.2) is 109 Å². The van der Waals surface area contributed by atoms with Crippen molar-refractivity contribution in [2.45, 2.75) is 200 Å². The molecular formula is C65H86O2S2. The maximum absolute atomic E-state index is 6.15. The molecule has 0 fully saturated rings. The van der Waals surface area contributed by atoms with Crippen molar-refractivity contribution in [3.8, 4) is 64.4 Å². The lowest BCUT2D eigenvalue weighted by Crippen LogP contribution is -2.25. The maximum atomic E-state index is 6.15. The van der Waals surface area contributed by atoms with Crippen LogP contribution in [0.1, 0.15) is 206 Å². The molecule has 0 unspecified atom stereocenters. The van der Waals surface area contributed by atoms with Crippen molar-refractivity contribution >= 4 is 22.7 Å². The van der Waals surface area contributed by atoms with Crippen LogP contribution in [0.2, 0.25) is 0 Å². The van der Waals surface area contributed by atoms with Gasteiger partial charge in [0.2, 0.25) is 0 Å². The summed E-state index contributed by atoms with van der Waals surface area (Å²) in [6.45, 7) is 10.8. The monoisotopic (exact) mass is 963 g/mol. The molecule has 6 aromatic rings. The van der Waals surface area contributed by atoms with Gasteiger partial charge in [0.25, 0.3) is 0 Å². The topological polar surface area (TPSA) is 18.5 Å². The van der Waals surface area contributed by atoms with Gasteiger partial charge in [-0.3, -0.25) is 0 Å². The highest BCUT2D eigenvalue weighted by atomic mass is 32.1. The van der Waals surface area contributed by atoms with Gasteiger partial charge in [0, 0.05) is 24.9 Å². The van der Waals surface area contributed by atoms with Crippen LogP contribution in [0.3, 0.4) is 0 Å². The lowest BCUT2D eigenvalue weighted by atomic mass is 9.70. The first-order valence-electron chi connectivity index (χ1n) is 28.0. The number of thiophene rings is 2. The van der Waals surface area contributed by atoms with Gasteiger partial charge in [-0.1, -0.05) is 193 Å². The predicted molar refractivity (Wildman–Crippen MR) is 304 cm³/mol. The van der Waals surface area contributed by atoms with Crippen LogP contribution in [-0.4, -0.2) is 13.2 Å². The first-order chi connectivity index (χ1) is 34.1. The summed E-state index contributed by atoms with van der Waals surface area (Å²) in [5, 5.41) is 0. The van der Waals surface area contributed by atoms with Crippen LogP contribution in [0.5, 0.6) is 11.5 Å². The van der Waals surface area contributed by atoms with E-state index in [4.69, 9.17) is 9.47 Å². The lowest BCUT2D eigenvalue weighted by molar-refractivity contribution is 0.304. The van der Waals surface area contributed by atoms with E-state index in [1.54, 1.807) is 11.1 Å². The van der Waals surface area contributed by atoms with E-state index in [1.807, 2.05) is 22.7 Å². The largest absolute Gasteiger partial charge is 0.494 e. The average molecular weight is 964 g/mol. The molecule has 1 aliphatic carbocycles. The molecule has 0 amide bonds. The van der Waals surface area contributed by atoms with Crippen molar-refractivity contribution in [3.63, 3.8) is 0 Å². The van der Waals surface area contributed by atoms with E-state index in [2.05, 4.69) is 137 Å². The molecule has 4 heteroatoms. The number of ether oxygens (including phenoxy) is 2. The highest BCUT2D eigenvalue weighted by Crippen LogP contribution is 2.56. The number of hydrogen-bond acceptors (Lipinski definition) is 4. The van der Waals surface area contributed by atoms with Crippen molar-refractivity contribution < 1.29 is 9.47 Å². The van der Waals surface area contributed by atoms with Gasteiger partial charge in [0.05, 0.1) is 13.2 Å². The second-order valence-corrected chi connectivity index (χ2v) is 22.4. The summed E-state index contributed by atoms with van der Waals surface area (Å²) in [6.07, 6.45) is 33.7. The summed E-state index contributed by atoms with van der Waals surface area (Å²) in [6, 6.07) is 42.0. The van der Waals surface area contributed by atoms with Crippen LogP contribution in [-0.2, 0) is 5.41 Å². The van der Waals surface area contributed by atoms with Crippen molar-refractivity contribution in [2.75, 3.05) is 13.2 Å². The smallest absolute Gasteiger partial charge is 0.119 e. The summed E-state index contributed by atoms with van der Waals surface area (Å²) in [7, 11) is 0. The second kappa shape index (κ2) is 28.7. The molecule has 370 valence electrons. The molecule has 2 aromatic heterocycles. The summed E-state index contributed by atoms with van der Waals surface area (Å²) in [5.74, 6) is 1.96. The minimum Gasteiger partial charge on any atom is -0.494 e. The maximum Gasteiger partial charge on any atom is 0.119 e. The van der Waals surface area contributed by atoms with Crippen molar-refractivity contribution in [2.24, 2.45) is 0 Å². The third kappa shape index (κ3) is 15.0. The Labute approximate surface area is 427 Å². The van der Waals surface area contributed by atoms with Crippen LogP contribution >= 0.6 is 22.7 Å². The van der Waals surface area contributed by atoms with E-state index >= 15 is 0 Å². The number of benzene rings is 4. The Balaban J connectivity index is 1.12. The molecule has 1 aliphatic rings. The lowest BCUT2D eigenvalue weighted by Gasteiger charge is -2.33. The Morgan fingerprint density at radius 1 is 0.319 bits per heavy atom.